The predicted molar refractivity (Wildman–Crippen MR) is 203 cm³/mol. The summed E-state index contributed by atoms with van der Waals surface area (Å²) in [5.74, 6) is 1.88. The average molecular weight is 688 g/mol. The first-order valence-corrected chi connectivity index (χ1v) is 18.9. The molecule has 0 spiro atoms. The maximum atomic E-state index is 13.6. The second-order valence-electron chi connectivity index (χ2n) is 14.4. The smallest absolute Gasteiger partial charge is 0.253 e. The lowest BCUT2D eigenvalue weighted by Crippen LogP contribution is -2.38. The number of amides is 2. The number of hydrogen-bond acceptors (Lipinski definition) is 5. The predicted octanol–water partition coefficient (Wildman–Crippen LogP) is 7.87. The number of likely N-dealkylation sites (tertiary alicyclic amines) is 1. The normalized spacial score (nSPS) is 15.5. The number of aromatic hydroxyl groups is 1. The Balaban J connectivity index is 1.06. The summed E-state index contributed by atoms with van der Waals surface area (Å²) < 4.78 is 5.83. The van der Waals surface area contributed by atoms with Gasteiger partial charge >= 0.3 is 0 Å². The molecule has 7 nitrogen and oxygen atoms in total. The zero-order chi connectivity index (χ0) is 35.3. The van der Waals surface area contributed by atoms with Crippen molar-refractivity contribution in [3.63, 3.8) is 0 Å². The number of nitrogens with zero attached hydrogens (tertiary/aromatic N) is 2. The van der Waals surface area contributed by atoms with Crippen molar-refractivity contribution in [3.05, 3.63) is 125 Å². The van der Waals surface area contributed by atoms with E-state index in [9.17, 15) is 14.7 Å². The lowest BCUT2D eigenvalue weighted by atomic mass is 9.87. The highest BCUT2D eigenvalue weighted by molar-refractivity contribution is 5.95. The highest BCUT2D eigenvalue weighted by atomic mass is 16.5. The van der Waals surface area contributed by atoms with E-state index in [1.807, 2.05) is 82.6 Å². The number of carbonyl (C=O) groups excluding carboxylic acids is 2. The van der Waals surface area contributed by atoms with Crippen LogP contribution < -0.4 is 5.32 Å². The van der Waals surface area contributed by atoms with Crippen LogP contribution in [0.4, 0.5) is 0 Å². The third-order valence-corrected chi connectivity index (χ3v) is 10.6. The zero-order valence-corrected chi connectivity index (χ0v) is 29.8. The van der Waals surface area contributed by atoms with Gasteiger partial charge in [0.2, 0.25) is 5.91 Å². The monoisotopic (exact) mass is 687 g/mol. The molecule has 6 rings (SSSR count). The fourth-order valence-corrected chi connectivity index (χ4v) is 7.51. The highest BCUT2D eigenvalue weighted by Gasteiger charge is 2.24. The quantitative estimate of drug-likeness (QED) is 0.133. The van der Waals surface area contributed by atoms with E-state index in [0.717, 1.165) is 71.1 Å². The molecule has 7 heteroatoms. The molecule has 2 heterocycles. The fraction of sp³-hybridized carbons (Fsp3) is 0.409. The van der Waals surface area contributed by atoms with Crippen molar-refractivity contribution < 1.29 is 19.4 Å². The molecule has 0 aromatic heterocycles. The van der Waals surface area contributed by atoms with Gasteiger partial charge in [-0.15, -0.1) is 0 Å². The SMILES string of the molecule is O=C(COCc1ccccc1)N(CCc1ccc(O)cc1)Cc1cccc(-c2cccc(C(=O)N3CCC(CCCC4CCNCC4)CC3)c2)c1. The molecule has 0 radical (unpaired) electrons. The molecule has 0 unspecified atom stereocenters. The Labute approximate surface area is 303 Å². The molecule has 4 aromatic carbocycles. The molecule has 2 amide bonds. The first-order valence-electron chi connectivity index (χ1n) is 18.9. The van der Waals surface area contributed by atoms with Gasteiger partial charge in [-0.05, 0) is 115 Å². The van der Waals surface area contributed by atoms with Gasteiger partial charge in [-0.3, -0.25) is 9.59 Å². The number of hydrogen-bond donors (Lipinski definition) is 2. The van der Waals surface area contributed by atoms with Crippen molar-refractivity contribution >= 4 is 11.8 Å². The largest absolute Gasteiger partial charge is 0.508 e. The van der Waals surface area contributed by atoms with E-state index in [1.54, 1.807) is 12.1 Å². The number of carbonyl (C=O) groups is 2. The summed E-state index contributed by atoms with van der Waals surface area (Å²) in [6, 6.07) is 33.2. The van der Waals surface area contributed by atoms with Gasteiger partial charge in [-0.25, -0.2) is 0 Å². The van der Waals surface area contributed by atoms with Crippen LogP contribution >= 0.6 is 0 Å². The number of nitrogens with one attached hydrogen (secondary N) is 1. The number of phenolic OH excluding ortho intramolecular Hbond substituents is 1. The van der Waals surface area contributed by atoms with E-state index in [2.05, 4.69) is 23.5 Å². The van der Waals surface area contributed by atoms with Crippen LogP contribution in [0, 0.1) is 11.8 Å². The Morgan fingerprint density at radius 1 is 0.745 bits per heavy atom. The molecule has 2 N–H and O–H groups in total. The Morgan fingerprint density at radius 3 is 2.16 bits per heavy atom. The van der Waals surface area contributed by atoms with Crippen molar-refractivity contribution in [1.82, 2.24) is 15.1 Å². The minimum Gasteiger partial charge on any atom is -0.508 e. The molecular formula is C44H53N3O4. The number of piperidine rings is 2. The number of phenols is 1. The van der Waals surface area contributed by atoms with Crippen molar-refractivity contribution in [3.8, 4) is 16.9 Å². The van der Waals surface area contributed by atoms with Gasteiger partial charge in [-0.1, -0.05) is 92.1 Å². The number of rotatable bonds is 15. The first-order chi connectivity index (χ1) is 25.0. The Morgan fingerprint density at radius 2 is 1.41 bits per heavy atom. The number of ether oxygens (including phenoxy) is 1. The third-order valence-electron chi connectivity index (χ3n) is 10.6. The summed E-state index contributed by atoms with van der Waals surface area (Å²) in [5.41, 5.74) is 5.81. The van der Waals surface area contributed by atoms with Gasteiger partial charge in [0, 0.05) is 31.7 Å². The standard InChI is InChI=1S/C44H53N3O4/c48-42-17-15-36(16-18-42)23-28-47(43(49)33-51-32-37-7-2-1-3-8-37)31-38-11-5-12-39(29-38)40-13-6-14-41(30-40)44(50)46-26-21-35(22-27-46)10-4-9-34-19-24-45-25-20-34/h1-3,5-8,11-18,29-30,34-35,45,48H,4,9-10,19-28,31-33H2. The van der Waals surface area contributed by atoms with Crippen LogP contribution in [-0.2, 0) is 29.1 Å². The van der Waals surface area contributed by atoms with E-state index in [0.29, 0.717) is 26.1 Å². The Kier molecular flexibility index (Phi) is 13.3. The van der Waals surface area contributed by atoms with E-state index >= 15 is 0 Å². The number of benzene rings is 4. The van der Waals surface area contributed by atoms with E-state index in [-0.39, 0.29) is 24.2 Å². The molecular weight excluding hydrogens is 635 g/mol. The molecule has 0 atom stereocenters. The van der Waals surface area contributed by atoms with Crippen LogP contribution in [0.2, 0.25) is 0 Å². The summed E-state index contributed by atoms with van der Waals surface area (Å²) in [4.78, 5) is 31.0. The highest BCUT2D eigenvalue weighted by Crippen LogP contribution is 2.28. The maximum Gasteiger partial charge on any atom is 0.253 e. The minimum absolute atomic E-state index is 0.00997. The molecule has 2 aliphatic heterocycles. The van der Waals surface area contributed by atoms with Crippen LogP contribution in [0.15, 0.2) is 103 Å². The second-order valence-corrected chi connectivity index (χ2v) is 14.4. The van der Waals surface area contributed by atoms with Crippen molar-refractivity contribution in [2.45, 2.75) is 64.5 Å². The summed E-state index contributed by atoms with van der Waals surface area (Å²) >= 11 is 0. The molecule has 2 aliphatic rings. The summed E-state index contributed by atoms with van der Waals surface area (Å²) in [7, 11) is 0. The Bertz CT molecular complexity index is 1680. The fourth-order valence-electron chi connectivity index (χ4n) is 7.51. The van der Waals surface area contributed by atoms with E-state index in [4.69, 9.17) is 4.74 Å². The van der Waals surface area contributed by atoms with Gasteiger partial charge < -0.3 is 25.0 Å². The first kappa shape index (κ1) is 36.3. The summed E-state index contributed by atoms with van der Waals surface area (Å²) in [5, 5.41) is 13.2. The van der Waals surface area contributed by atoms with Gasteiger partial charge in [0.25, 0.3) is 5.91 Å². The van der Waals surface area contributed by atoms with Crippen LogP contribution in [0.25, 0.3) is 11.1 Å². The third kappa shape index (κ3) is 11.0. The Hall–Kier alpha value is -4.46. The molecule has 51 heavy (non-hydrogen) atoms. The van der Waals surface area contributed by atoms with Crippen molar-refractivity contribution in [2.75, 3.05) is 39.3 Å². The van der Waals surface area contributed by atoms with Gasteiger partial charge in [0.1, 0.15) is 12.4 Å². The van der Waals surface area contributed by atoms with Crippen LogP contribution in [0.5, 0.6) is 5.75 Å². The van der Waals surface area contributed by atoms with Gasteiger partial charge in [0.15, 0.2) is 0 Å². The van der Waals surface area contributed by atoms with E-state index in [1.165, 1.54) is 45.2 Å². The molecule has 0 aliphatic carbocycles. The van der Waals surface area contributed by atoms with Crippen LogP contribution in [0.3, 0.4) is 0 Å². The zero-order valence-electron chi connectivity index (χ0n) is 29.8. The van der Waals surface area contributed by atoms with Gasteiger partial charge in [-0.2, -0.15) is 0 Å². The molecule has 0 saturated carbocycles. The average Bonchev–Trinajstić information content (AvgIpc) is 3.18. The molecule has 0 bridgehead atoms. The molecule has 2 fully saturated rings. The van der Waals surface area contributed by atoms with Crippen LogP contribution in [-0.4, -0.2) is 66.1 Å². The lowest BCUT2D eigenvalue weighted by molar-refractivity contribution is -0.137. The topological polar surface area (TPSA) is 82.1 Å². The van der Waals surface area contributed by atoms with E-state index < -0.39 is 0 Å². The summed E-state index contributed by atoms with van der Waals surface area (Å²) in [6.07, 6.45) is 9.45. The maximum absolute atomic E-state index is 13.6. The van der Waals surface area contributed by atoms with Crippen molar-refractivity contribution in [2.24, 2.45) is 11.8 Å². The van der Waals surface area contributed by atoms with Crippen LogP contribution in [0.1, 0.15) is 72.0 Å². The molecule has 4 aromatic rings. The van der Waals surface area contributed by atoms with Gasteiger partial charge in [0.05, 0.1) is 6.61 Å². The molecule has 2 saturated heterocycles. The minimum atomic E-state index is -0.0757. The second kappa shape index (κ2) is 18.7. The lowest BCUT2D eigenvalue weighted by Gasteiger charge is -2.32. The molecule has 268 valence electrons. The van der Waals surface area contributed by atoms with Crippen molar-refractivity contribution in [1.29, 1.82) is 0 Å². The summed E-state index contributed by atoms with van der Waals surface area (Å²) in [6.45, 7) is 5.33.